The Kier molecular flexibility index (Phi) is 6.96. The topological polar surface area (TPSA) is 103 Å². The first-order chi connectivity index (χ1) is 18.5. The minimum absolute atomic E-state index is 0.00796. The first-order valence-corrected chi connectivity index (χ1v) is 12.5. The number of hydrogen-bond donors (Lipinski definition) is 2. The number of carboxylic acid groups (broad SMARTS) is 1. The van der Waals surface area contributed by atoms with Gasteiger partial charge in [-0.3, -0.25) is 9.59 Å². The quantitative estimate of drug-likeness (QED) is 0.285. The monoisotopic (exact) mass is 569 g/mol. The number of aliphatic carboxylic acids is 1. The third kappa shape index (κ3) is 5.15. The van der Waals surface area contributed by atoms with Gasteiger partial charge in [0.15, 0.2) is 0 Å². The highest BCUT2D eigenvalue weighted by Crippen LogP contribution is 2.38. The Morgan fingerprint density at radius 2 is 1.59 bits per heavy atom. The van der Waals surface area contributed by atoms with Gasteiger partial charge in [-0.05, 0) is 41.5 Å². The molecule has 2 heterocycles. The van der Waals surface area contributed by atoms with E-state index in [2.05, 4.69) is 10.1 Å². The average molecular weight is 570 g/mol. The predicted octanol–water partition coefficient (Wildman–Crippen LogP) is 6.29. The Morgan fingerprint density at radius 3 is 2.23 bits per heavy atom. The van der Waals surface area contributed by atoms with Crippen LogP contribution in [0.1, 0.15) is 30.0 Å². The summed E-state index contributed by atoms with van der Waals surface area (Å²) in [5, 5.41) is 15.7. The number of aromatic amines is 1. The number of alkyl halides is 2. The van der Waals surface area contributed by atoms with Crippen LogP contribution in [0.15, 0.2) is 82.7 Å². The van der Waals surface area contributed by atoms with Crippen molar-refractivity contribution in [2.75, 3.05) is 0 Å². The van der Waals surface area contributed by atoms with Crippen LogP contribution in [0.2, 0.25) is 10.0 Å². The Morgan fingerprint density at radius 1 is 0.974 bits per heavy atom. The number of fused-ring (bicyclic) bond motifs is 1. The summed E-state index contributed by atoms with van der Waals surface area (Å²) < 4.78 is 28.1. The number of nitrogens with one attached hydrogen (secondary N) is 1. The number of benzene rings is 3. The second kappa shape index (κ2) is 10.2. The molecule has 1 aromatic heterocycles. The molecule has 0 saturated heterocycles. The van der Waals surface area contributed by atoms with Crippen LogP contribution >= 0.6 is 23.2 Å². The van der Waals surface area contributed by atoms with Crippen molar-refractivity contribution in [2.24, 2.45) is 5.10 Å². The van der Waals surface area contributed by atoms with Gasteiger partial charge in [0.1, 0.15) is 6.42 Å². The van der Waals surface area contributed by atoms with E-state index in [-0.39, 0.29) is 17.7 Å². The van der Waals surface area contributed by atoms with Gasteiger partial charge in [-0.2, -0.15) is 13.9 Å². The maximum atomic E-state index is 14.0. The Bertz CT molecular complexity index is 1690. The molecule has 0 bridgehead atoms. The lowest BCUT2D eigenvalue weighted by Crippen LogP contribution is -2.37. The third-order valence-electron chi connectivity index (χ3n) is 6.45. The first kappa shape index (κ1) is 26.5. The molecule has 0 saturated carbocycles. The second-order valence-electron chi connectivity index (χ2n) is 9.00. The van der Waals surface area contributed by atoms with E-state index in [1.807, 2.05) is 6.07 Å². The van der Waals surface area contributed by atoms with Crippen LogP contribution in [0.25, 0.3) is 22.0 Å². The largest absolute Gasteiger partial charge is 0.477 e. The van der Waals surface area contributed by atoms with Crippen molar-refractivity contribution in [3.8, 4) is 11.1 Å². The summed E-state index contributed by atoms with van der Waals surface area (Å²) in [5.74, 6) is -7.92. The van der Waals surface area contributed by atoms with E-state index in [4.69, 9.17) is 28.3 Å². The van der Waals surface area contributed by atoms with E-state index >= 15 is 0 Å². The molecule has 0 radical (unpaired) electrons. The molecule has 11 heteroatoms. The summed E-state index contributed by atoms with van der Waals surface area (Å²) >= 11 is 12.1. The highest BCUT2D eigenvalue weighted by Gasteiger charge is 2.45. The third-order valence-corrected chi connectivity index (χ3v) is 6.95. The normalized spacial score (nSPS) is 15.4. The number of pyridine rings is 1. The van der Waals surface area contributed by atoms with Crippen molar-refractivity contribution in [2.45, 2.75) is 24.8 Å². The molecule has 2 N–H and O–H groups in total. The van der Waals surface area contributed by atoms with Crippen LogP contribution in [-0.4, -0.2) is 38.6 Å². The van der Waals surface area contributed by atoms with Crippen molar-refractivity contribution in [1.82, 2.24) is 9.99 Å². The number of rotatable bonds is 6. The number of hydrogen-bond acceptors (Lipinski definition) is 4. The number of para-hydroxylation sites is 1. The summed E-state index contributed by atoms with van der Waals surface area (Å²) in [6.45, 7) is 0. The number of carbonyl (C=O) groups excluding carboxylic acids is 1. The highest BCUT2D eigenvalue weighted by atomic mass is 35.5. The SMILES string of the molecule is O=C(CC(F)(F)C(=O)O)N1N=C(c2c(-c3ccc(Cl)cc3)c3ccccc3[nH]c2=O)CC1c1ccc(Cl)cc1. The van der Waals surface area contributed by atoms with Crippen LogP contribution < -0.4 is 5.56 Å². The standard InChI is InChI=1S/C28H19Cl2F2N3O4/c29-17-9-5-15(6-10-17)22-13-21(34-35(22)23(36)14-28(31,32)27(38)39)25-24(16-7-11-18(30)12-8-16)19-3-1-2-4-20(19)33-26(25)37/h1-12,22H,13-14H2,(H,33,37)(H,38,39). The molecular formula is C28H19Cl2F2N3O4. The zero-order valence-electron chi connectivity index (χ0n) is 20.0. The fourth-order valence-electron chi connectivity index (χ4n) is 4.62. The molecule has 39 heavy (non-hydrogen) atoms. The maximum absolute atomic E-state index is 14.0. The molecule has 1 aliphatic rings. The molecule has 1 amide bonds. The van der Waals surface area contributed by atoms with Crippen LogP contribution in [0.3, 0.4) is 0 Å². The fraction of sp³-hybridized carbons (Fsp3) is 0.143. The minimum Gasteiger partial charge on any atom is -0.477 e. The van der Waals surface area contributed by atoms with E-state index < -0.39 is 35.8 Å². The number of nitrogens with zero attached hydrogens (tertiary/aromatic N) is 2. The summed E-state index contributed by atoms with van der Waals surface area (Å²) in [4.78, 5) is 40.4. The van der Waals surface area contributed by atoms with E-state index in [0.717, 1.165) is 5.01 Å². The van der Waals surface area contributed by atoms with Crippen molar-refractivity contribution >= 4 is 51.7 Å². The van der Waals surface area contributed by atoms with E-state index in [1.165, 1.54) is 0 Å². The summed E-state index contributed by atoms with van der Waals surface area (Å²) in [5.41, 5.74) is 2.13. The van der Waals surface area contributed by atoms with E-state index in [0.29, 0.717) is 37.6 Å². The van der Waals surface area contributed by atoms with E-state index in [9.17, 15) is 23.2 Å². The van der Waals surface area contributed by atoms with Gasteiger partial charge in [-0.25, -0.2) is 9.80 Å². The minimum atomic E-state index is -4.30. The summed E-state index contributed by atoms with van der Waals surface area (Å²) in [6.07, 6.45) is -1.59. The number of H-pyrrole nitrogens is 1. The van der Waals surface area contributed by atoms with Gasteiger partial charge < -0.3 is 10.1 Å². The van der Waals surface area contributed by atoms with Gasteiger partial charge in [0.05, 0.1) is 17.3 Å². The Hall–Kier alpha value is -4.08. The molecule has 5 rings (SSSR count). The summed E-state index contributed by atoms with van der Waals surface area (Å²) in [6, 6.07) is 19.5. The zero-order chi connectivity index (χ0) is 27.9. The van der Waals surface area contributed by atoms with Gasteiger partial charge in [0, 0.05) is 32.9 Å². The Labute approximate surface area is 230 Å². The van der Waals surface area contributed by atoms with Crippen LogP contribution in [-0.2, 0) is 9.59 Å². The van der Waals surface area contributed by atoms with Crippen LogP contribution in [0.4, 0.5) is 8.78 Å². The highest BCUT2D eigenvalue weighted by molar-refractivity contribution is 6.31. The van der Waals surface area contributed by atoms with Crippen molar-refractivity contribution in [3.05, 3.63) is 104 Å². The number of carboxylic acids is 1. The predicted molar refractivity (Wildman–Crippen MR) is 144 cm³/mol. The van der Waals surface area contributed by atoms with Gasteiger partial charge in [-0.1, -0.05) is 65.7 Å². The first-order valence-electron chi connectivity index (χ1n) is 11.7. The van der Waals surface area contributed by atoms with Crippen LogP contribution in [0, 0.1) is 0 Å². The maximum Gasteiger partial charge on any atom is 0.375 e. The van der Waals surface area contributed by atoms with Gasteiger partial charge in [0.2, 0.25) is 5.91 Å². The molecular weight excluding hydrogens is 551 g/mol. The molecule has 4 aromatic rings. The van der Waals surface area contributed by atoms with Gasteiger partial charge in [0.25, 0.3) is 5.56 Å². The number of halogens is 4. The average Bonchev–Trinajstić information content (AvgIpc) is 3.34. The zero-order valence-corrected chi connectivity index (χ0v) is 21.5. The van der Waals surface area contributed by atoms with Crippen LogP contribution in [0.5, 0.6) is 0 Å². The smallest absolute Gasteiger partial charge is 0.375 e. The molecule has 198 valence electrons. The number of hydrazone groups is 1. The lowest BCUT2D eigenvalue weighted by molar-refractivity contribution is -0.170. The fourth-order valence-corrected chi connectivity index (χ4v) is 4.87. The molecule has 1 atom stereocenters. The van der Waals surface area contributed by atoms with Crippen molar-refractivity contribution in [1.29, 1.82) is 0 Å². The molecule has 7 nitrogen and oxygen atoms in total. The molecule has 0 aliphatic carbocycles. The van der Waals surface area contributed by atoms with E-state index in [1.54, 1.807) is 66.7 Å². The number of carbonyl (C=O) groups is 2. The lowest BCUT2D eigenvalue weighted by atomic mass is 9.91. The van der Waals surface area contributed by atoms with Gasteiger partial charge in [-0.15, -0.1) is 0 Å². The van der Waals surface area contributed by atoms with Gasteiger partial charge >= 0.3 is 11.9 Å². The Balaban J connectivity index is 1.69. The molecule has 0 spiro atoms. The molecule has 0 fully saturated rings. The number of amides is 1. The second-order valence-corrected chi connectivity index (χ2v) is 9.87. The lowest BCUT2D eigenvalue weighted by Gasteiger charge is -2.23. The summed E-state index contributed by atoms with van der Waals surface area (Å²) in [7, 11) is 0. The number of aromatic nitrogens is 1. The molecule has 1 unspecified atom stereocenters. The van der Waals surface area contributed by atoms with Crippen molar-refractivity contribution < 1.29 is 23.5 Å². The van der Waals surface area contributed by atoms with Crippen molar-refractivity contribution in [3.63, 3.8) is 0 Å². The molecule has 1 aliphatic heterocycles. The molecule has 3 aromatic carbocycles.